The number of ether oxygens (including phenoxy) is 1. The van der Waals surface area contributed by atoms with Crippen LogP contribution < -0.4 is 15.0 Å². The fraction of sp³-hybridized carbons (Fsp3) is 0.400. The van der Waals surface area contributed by atoms with Gasteiger partial charge in [0.15, 0.2) is 11.6 Å². The Morgan fingerprint density at radius 1 is 1.20 bits per heavy atom. The zero-order valence-corrected chi connectivity index (χ0v) is 20.8. The van der Waals surface area contributed by atoms with Crippen molar-refractivity contribution in [1.29, 1.82) is 0 Å². The van der Waals surface area contributed by atoms with Gasteiger partial charge in [-0.25, -0.2) is 9.37 Å². The largest absolute Gasteiger partial charge is 0.491 e. The molecule has 1 unspecified atom stereocenters. The molecule has 3 aromatic heterocycles. The van der Waals surface area contributed by atoms with Gasteiger partial charge in [0.25, 0.3) is 5.91 Å². The van der Waals surface area contributed by atoms with Gasteiger partial charge in [-0.15, -0.1) is 11.3 Å². The van der Waals surface area contributed by atoms with Crippen LogP contribution in [-0.4, -0.2) is 64.9 Å². The summed E-state index contributed by atoms with van der Waals surface area (Å²) in [6.07, 6.45) is 5.34. The molecular formula is C25H27FN6O2S. The average Bonchev–Trinajstić information content (AvgIpc) is 3.61. The number of methoxy groups -OCH3 is 1. The molecule has 2 saturated heterocycles. The van der Waals surface area contributed by atoms with Crippen LogP contribution in [0.15, 0.2) is 30.5 Å². The van der Waals surface area contributed by atoms with Crippen molar-refractivity contribution in [2.75, 3.05) is 44.0 Å². The maximum atomic E-state index is 14.9. The summed E-state index contributed by atoms with van der Waals surface area (Å²) in [4.78, 5) is 24.2. The summed E-state index contributed by atoms with van der Waals surface area (Å²) in [5.41, 5.74) is 0.735. The summed E-state index contributed by atoms with van der Waals surface area (Å²) in [5.74, 6) is -0.0109. The molecule has 5 heterocycles. The summed E-state index contributed by atoms with van der Waals surface area (Å²) in [6, 6.07) is 7.57. The number of likely N-dealkylation sites (tertiary alicyclic amines) is 1. The first-order valence-corrected chi connectivity index (χ1v) is 12.6. The summed E-state index contributed by atoms with van der Waals surface area (Å²) in [6.45, 7) is 3.14. The first-order valence-electron chi connectivity index (χ1n) is 11.7. The van der Waals surface area contributed by atoms with Crippen LogP contribution >= 0.6 is 11.3 Å². The van der Waals surface area contributed by atoms with Gasteiger partial charge < -0.3 is 15.0 Å². The van der Waals surface area contributed by atoms with Gasteiger partial charge in [-0.1, -0.05) is 0 Å². The van der Waals surface area contributed by atoms with Gasteiger partial charge in [0.1, 0.15) is 16.2 Å². The SMILES string of the molecule is COc1c(NC(=O)c2cc3ccc(N4CCC5(CCCN5C)C4)nc3s2)cc2cn(C)nc2c1F. The molecule has 1 aromatic carbocycles. The number of rotatable bonds is 4. The number of carbonyl (C=O) groups excluding carboxylic acids is 1. The van der Waals surface area contributed by atoms with Crippen molar-refractivity contribution in [2.45, 2.75) is 24.8 Å². The quantitative estimate of drug-likeness (QED) is 0.457. The second-order valence-electron chi connectivity index (χ2n) is 9.56. The maximum absolute atomic E-state index is 14.9. The third-order valence-corrected chi connectivity index (χ3v) is 8.50. The van der Waals surface area contributed by atoms with E-state index in [0.717, 1.165) is 42.1 Å². The molecule has 0 aliphatic carbocycles. The van der Waals surface area contributed by atoms with E-state index in [1.54, 1.807) is 19.3 Å². The van der Waals surface area contributed by atoms with Crippen LogP contribution in [0.2, 0.25) is 0 Å². The summed E-state index contributed by atoms with van der Waals surface area (Å²) in [7, 11) is 5.32. The molecule has 2 aliphatic rings. The lowest BCUT2D eigenvalue weighted by Crippen LogP contribution is -2.43. The monoisotopic (exact) mass is 494 g/mol. The fourth-order valence-corrected chi connectivity index (χ4v) is 6.46. The van der Waals surface area contributed by atoms with E-state index < -0.39 is 5.82 Å². The average molecular weight is 495 g/mol. The number of benzene rings is 1. The lowest BCUT2D eigenvalue weighted by molar-refractivity contribution is 0.103. The zero-order valence-electron chi connectivity index (χ0n) is 20.0. The number of carbonyl (C=O) groups is 1. The number of hydrogen-bond donors (Lipinski definition) is 1. The Kier molecular flexibility index (Phi) is 5.19. The lowest BCUT2D eigenvalue weighted by Gasteiger charge is -2.32. The van der Waals surface area contributed by atoms with Crippen LogP contribution in [0.3, 0.4) is 0 Å². The fourth-order valence-electron chi connectivity index (χ4n) is 5.54. The molecule has 35 heavy (non-hydrogen) atoms. The van der Waals surface area contributed by atoms with Gasteiger partial charge in [-0.05, 0) is 57.1 Å². The van der Waals surface area contributed by atoms with Crippen molar-refractivity contribution in [1.82, 2.24) is 19.7 Å². The number of anilines is 2. The van der Waals surface area contributed by atoms with Gasteiger partial charge >= 0.3 is 0 Å². The molecule has 2 aliphatic heterocycles. The first kappa shape index (κ1) is 22.2. The van der Waals surface area contributed by atoms with Gasteiger partial charge in [0.2, 0.25) is 0 Å². The molecule has 0 bridgehead atoms. The van der Waals surface area contributed by atoms with E-state index in [9.17, 15) is 9.18 Å². The third-order valence-electron chi connectivity index (χ3n) is 7.45. The van der Waals surface area contributed by atoms with Crippen molar-refractivity contribution in [3.05, 3.63) is 41.2 Å². The number of halogens is 1. The highest BCUT2D eigenvalue weighted by Crippen LogP contribution is 2.39. The van der Waals surface area contributed by atoms with E-state index >= 15 is 0 Å². The molecule has 2 fully saturated rings. The Bertz CT molecular complexity index is 1470. The minimum atomic E-state index is -0.597. The number of fused-ring (bicyclic) bond motifs is 2. The second kappa shape index (κ2) is 8.17. The van der Waals surface area contributed by atoms with Crippen LogP contribution in [0, 0.1) is 5.82 Å². The molecule has 1 N–H and O–H groups in total. The summed E-state index contributed by atoms with van der Waals surface area (Å²) in [5, 5.41) is 8.44. The molecule has 10 heteroatoms. The van der Waals surface area contributed by atoms with Crippen molar-refractivity contribution in [3.63, 3.8) is 0 Å². The Morgan fingerprint density at radius 3 is 2.83 bits per heavy atom. The minimum Gasteiger partial charge on any atom is -0.491 e. The highest BCUT2D eigenvalue weighted by Gasteiger charge is 2.44. The molecule has 1 amide bonds. The zero-order chi connectivity index (χ0) is 24.3. The molecule has 182 valence electrons. The number of aromatic nitrogens is 3. The highest BCUT2D eigenvalue weighted by molar-refractivity contribution is 7.20. The number of thiophene rings is 1. The molecular weight excluding hydrogens is 467 g/mol. The number of pyridine rings is 1. The smallest absolute Gasteiger partial charge is 0.265 e. The molecule has 1 atom stereocenters. The molecule has 0 radical (unpaired) electrons. The van der Waals surface area contributed by atoms with Gasteiger partial charge in [0, 0.05) is 42.6 Å². The topological polar surface area (TPSA) is 75.5 Å². The van der Waals surface area contributed by atoms with Gasteiger partial charge in [-0.3, -0.25) is 14.4 Å². The third kappa shape index (κ3) is 3.63. The van der Waals surface area contributed by atoms with E-state index in [0.29, 0.717) is 10.3 Å². The van der Waals surface area contributed by atoms with E-state index in [2.05, 4.69) is 27.3 Å². The van der Waals surface area contributed by atoms with Crippen LogP contribution in [0.25, 0.3) is 21.1 Å². The highest BCUT2D eigenvalue weighted by atomic mass is 32.1. The number of likely N-dealkylation sites (N-methyl/N-ethyl adjacent to an activating group) is 1. The van der Waals surface area contributed by atoms with Crippen LogP contribution in [0.1, 0.15) is 28.9 Å². The predicted molar refractivity (Wildman–Crippen MR) is 136 cm³/mol. The Morgan fingerprint density at radius 2 is 2.06 bits per heavy atom. The minimum absolute atomic E-state index is 0.0362. The summed E-state index contributed by atoms with van der Waals surface area (Å²) >= 11 is 1.34. The molecule has 6 rings (SSSR count). The lowest BCUT2D eigenvalue weighted by atomic mass is 9.96. The Balaban J connectivity index is 1.26. The van der Waals surface area contributed by atoms with Crippen LogP contribution in [0.4, 0.5) is 15.9 Å². The number of hydrogen-bond acceptors (Lipinski definition) is 7. The van der Waals surface area contributed by atoms with E-state index in [4.69, 9.17) is 9.72 Å². The standard InChI is InChI=1S/C25H27FN6O2S/c1-30-9-4-7-25(30)8-10-32(14-25)19-6-5-15-12-18(35-24(15)28-19)23(33)27-17-11-16-13-31(2)29-21(16)20(26)22(17)34-3/h5-6,11-13H,4,7-10,14H2,1-3H3,(H,27,33). The van der Waals surface area contributed by atoms with Crippen molar-refractivity contribution < 1.29 is 13.9 Å². The normalized spacial score (nSPS) is 20.5. The predicted octanol–water partition coefficient (Wildman–Crippen LogP) is 4.26. The van der Waals surface area contributed by atoms with Crippen molar-refractivity contribution >= 4 is 49.9 Å². The Labute approximate surface area is 206 Å². The van der Waals surface area contributed by atoms with Crippen LogP contribution in [-0.2, 0) is 7.05 Å². The van der Waals surface area contributed by atoms with Crippen molar-refractivity contribution in [3.8, 4) is 5.75 Å². The van der Waals surface area contributed by atoms with Crippen molar-refractivity contribution in [2.24, 2.45) is 7.05 Å². The second-order valence-corrected chi connectivity index (χ2v) is 10.6. The Hall–Kier alpha value is -3.24. The molecule has 4 aromatic rings. The van der Waals surface area contributed by atoms with Gasteiger partial charge in [-0.2, -0.15) is 5.10 Å². The molecule has 1 spiro atoms. The van der Waals surface area contributed by atoms with E-state index in [1.165, 1.54) is 36.0 Å². The van der Waals surface area contributed by atoms with E-state index in [1.807, 2.05) is 18.2 Å². The van der Waals surface area contributed by atoms with Gasteiger partial charge in [0.05, 0.1) is 17.7 Å². The van der Waals surface area contributed by atoms with E-state index in [-0.39, 0.29) is 28.4 Å². The molecule has 0 saturated carbocycles. The maximum Gasteiger partial charge on any atom is 0.265 e. The number of nitrogens with one attached hydrogen (secondary N) is 1. The number of amides is 1. The number of aryl methyl sites for hydroxylation is 1. The van der Waals surface area contributed by atoms with Crippen LogP contribution in [0.5, 0.6) is 5.75 Å². The summed E-state index contributed by atoms with van der Waals surface area (Å²) < 4.78 is 21.7. The first-order chi connectivity index (χ1) is 16.9. The molecule has 8 nitrogen and oxygen atoms in total. The number of nitrogens with zero attached hydrogens (tertiary/aromatic N) is 5.